The molecule has 0 bridgehead atoms. The molecule has 21 heavy (non-hydrogen) atoms. The van der Waals surface area contributed by atoms with Crippen LogP contribution in [0.5, 0.6) is 0 Å². The van der Waals surface area contributed by atoms with Gasteiger partial charge in [0.2, 0.25) is 0 Å². The lowest BCUT2D eigenvalue weighted by molar-refractivity contribution is 0.569. The van der Waals surface area contributed by atoms with Crippen molar-refractivity contribution in [3.63, 3.8) is 0 Å². The highest BCUT2D eigenvalue weighted by atomic mass is 32.2. The predicted octanol–water partition coefficient (Wildman–Crippen LogP) is 0.755. The average molecular weight is 328 g/mol. The predicted molar refractivity (Wildman–Crippen MR) is 79.9 cm³/mol. The van der Waals surface area contributed by atoms with Crippen LogP contribution in [0.3, 0.4) is 0 Å². The Balaban J connectivity index is 1.63. The smallest absolute Gasteiger partial charge is 0.187 e. The van der Waals surface area contributed by atoms with Gasteiger partial charge in [0.15, 0.2) is 15.7 Å². The Morgan fingerprint density at radius 3 is 2.95 bits per heavy atom. The van der Waals surface area contributed by atoms with Crippen molar-refractivity contribution in [2.75, 3.05) is 17.6 Å². The fourth-order valence-corrected chi connectivity index (χ4v) is 4.93. The molecule has 0 aromatic carbocycles. The molecule has 0 amide bonds. The van der Waals surface area contributed by atoms with Crippen LogP contribution in [0, 0.1) is 0 Å². The average Bonchev–Trinajstić information content (AvgIpc) is 3.07. The summed E-state index contributed by atoms with van der Waals surface area (Å²) < 4.78 is 30.4. The van der Waals surface area contributed by atoms with Crippen molar-refractivity contribution in [1.29, 1.82) is 0 Å². The third-order valence-corrected chi connectivity index (χ3v) is 6.52. The lowest BCUT2D eigenvalue weighted by atomic mass is 10.4. The minimum absolute atomic E-state index is 0.102. The Morgan fingerprint density at radius 1 is 1.48 bits per heavy atom. The Labute approximate surface area is 126 Å². The maximum absolute atomic E-state index is 12.3. The van der Waals surface area contributed by atoms with Crippen molar-refractivity contribution in [2.45, 2.75) is 36.0 Å². The van der Waals surface area contributed by atoms with E-state index in [1.54, 1.807) is 17.1 Å². The van der Waals surface area contributed by atoms with Gasteiger partial charge in [0.05, 0.1) is 11.4 Å². The summed E-state index contributed by atoms with van der Waals surface area (Å²) in [6, 6.07) is 0. The topological polar surface area (TPSA) is 116 Å². The van der Waals surface area contributed by atoms with Crippen LogP contribution in [0.2, 0.25) is 0 Å². The third-order valence-electron chi connectivity index (χ3n) is 3.24. The Kier molecular flexibility index (Phi) is 3.81. The van der Waals surface area contributed by atoms with Crippen molar-refractivity contribution < 1.29 is 8.42 Å². The van der Waals surface area contributed by atoms with E-state index in [0.29, 0.717) is 30.9 Å². The fraction of sp³-hybridized carbons (Fsp3) is 0.545. The van der Waals surface area contributed by atoms with E-state index in [2.05, 4.69) is 20.0 Å². The SMILES string of the molecule is Nc1nsc(NCCCn2ccnn2)c1S(=O)(=O)C1CC1. The molecule has 0 spiro atoms. The fourth-order valence-electron chi connectivity index (χ4n) is 2.02. The summed E-state index contributed by atoms with van der Waals surface area (Å²) in [4.78, 5) is 0.177. The Bertz CT molecular complexity index is 705. The van der Waals surface area contributed by atoms with E-state index < -0.39 is 9.84 Å². The first-order valence-corrected chi connectivity index (χ1v) is 8.98. The van der Waals surface area contributed by atoms with Crippen LogP contribution in [-0.4, -0.2) is 39.6 Å². The highest BCUT2D eigenvalue weighted by molar-refractivity contribution is 7.92. The summed E-state index contributed by atoms with van der Waals surface area (Å²) in [7, 11) is -3.33. The van der Waals surface area contributed by atoms with E-state index in [-0.39, 0.29) is 16.0 Å². The van der Waals surface area contributed by atoms with Gasteiger partial charge in [-0.05, 0) is 30.8 Å². The summed E-state index contributed by atoms with van der Waals surface area (Å²) in [6.07, 6.45) is 5.63. The molecule has 0 unspecified atom stereocenters. The standard InChI is InChI=1S/C11H16N6O2S2/c12-10-9(21(18,19)8-2-3-8)11(20-15-10)13-4-1-6-17-7-5-14-16-17/h5,7-8,13H,1-4,6H2,(H2,12,15). The van der Waals surface area contributed by atoms with Gasteiger partial charge in [-0.15, -0.1) is 5.10 Å². The summed E-state index contributed by atoms with van der Waals surface area (Å²) in [5.41, 5.74) is 5.73. The first-order chi connectivity index (χ1) is 10.1. The molecule has 1 saturated carbocycles. The van der Waals surface area contributed by atoms with Gasteiger partial charge < -0.3 is 11.1 Å². The van der Waals surface area contributed by atoms with Crippen LogP contribution in [0.25, 0.3) is 0 Å². The monoisotopic (exact) mass is 328 g/mol. The summed E-state index contributed by atoms with van der Waals surface area (Å²) in [5.74, 6) is 0.102. The lowest BCUT2D eigenvalue weighted by Gasteiger charge is -2.07. The molecule has 2 heterocycles. The first-order valence-electron chi connectivity index (χ1n) is 6.66. The van der Waals surface area contributed by atoms with Crippen molar-refractivity contribution in [3.05, 3.63) is 12.4 Å². The van der Waals surface area contributed by atoms with Crippen LogP contribution in [0.4, 0.5) is 10.8 Å². The van der Waals surface area contributed by atoms with E-state index >= 15 is 0 Å². The van der Waals surface area contributed by atoms with Gasteiger partial charge in [-0.2, -0.15) is 4.37 Å². The molecule has 3 N–H and O–H groups in total. The molecule has 2 aromatic rings. The van der Waals surface area contributed by atoms with Crippen LogP contribution < -0.4 is 11.1 Å². The molecule has 0 atom stereocenters. The molecule has 1 aliphatic carbocycles. The number of rotatable bonds is 7. The van der Waals surface area contributed by atoms with Gasteiger partial charge in [-0.25, -0.2) is 8.42 Å². The van der Waals surface area contributed by atoms with E-state index in [1.165, 1.54) is 0 Å². The molecule has 0 aliphatic heterocycles. The number of nitrogens with one attached hydrogen (secondary N) is 1. The molecular weight excluding hydrogens is 312 g/mol. The number of sulfone groups is 1. The summed E-state index contributed by atoms with van der Waals surface area (Å²) >= 11 is 1.10. The summed E-state index contributed by atoms with van der Waals surface area (Å²) in [5, 5.41) is 11.0. The molecule has 0 saturated heterocycles. The molecule has 1 fully saturated rings. The highest BCUT2D eigenvalue weighted by Gasteiger charge is 2.40. The zero-order valence-electron chi connectivity index (χ0n) is 11.3. The number of nitrogens with two attached hydrogens (primary N) is 1. The van der Waals surface area contributed by atoms with Crippen molar-refractivity contribution in [2.24, 2.45) is 0 Å². The van der Waals surface area contributed by atoms with Gasteiger partial charge in [0, 0.05) is 19.3 Å². The van der Waals surface area contributed by atoms with Crippen LogP contribution in [0.1, 0.15) is 19.3 Å². The maximum atomic E-state index is 12.3. The zero-order valence-corrected chi connectivity index (χ0v) is 12.9. The second-order valence-corrected chi connectivity index (χ2v) is 7.86. The number of aromatic nitrogens is 4. The Hall–Kier alpha value is -1.68. The number of hydrogen-bond donors (Lipinski definition) is 2. The third kappa shape index (κ3) is 3.00. The number of nitrogen functional groups attached to an aromatic ring is 1. The van der Waals surface area contributed by atoms with Crippen LogP contribution in [-0.2, 0) is 16.4 Å². The number of aryl methyl sites for hydroxylation is 1. The molecule has 0 radical (unpaired) electrons. The van der Waals surface area contributed by atoms with Gasteiger partial charge in [0.1, 0.15) is 9.90 Å². The second kappa shape index (κ2) is 5.60. The lowest BCUT2D eigenvalue weighted by Crippen LogP contribution is -2.13. The minimum atomic E-state index is -3.33. The molecule has 114 valence electrons. The van der Waals surface area contributed by atoms with Gasteiger partial charge in [-0.3, -0.25) is 4.68 Å². The largest absolute Gasteiger partial charge is 0.382 e. The molecule has 1 aliphatic rings. The molecule has 2 aromatic heterocycles. The molecular formula is C11H16N6O2S2. The van der Waals surface area contributed by atoms with Crippen molar-refractivity contribution in [1.82, 2.24) is 19.4 Å². The van der Waals surface area contributed by atoms with Crippen LogP contribution >= 0.6 is 11.5 Å². The maximum Gasteiger partial charge on any atom is 0.187 e. The minimum Gasteiger partial charge on any atom is -0.382 e. The quantitative estimate of drug-likeness (QED) is 0.721. The first kappa shape index (κ1) is 14.3. The van der Waals surface area contributed by atoms with Gasteiger partial charge in [-0.1, -0.05) is 5.21 Å². The summed E-state index contributed by atoms with van der Waals surface area (Å²) in [6.45, 7) is 1.33. The highest BCUT2D eigenvalue weighted by Crippen LogP contribution is 2.40. The number of hydrogen-bond acceptors (Lipinski definition) is 8. The van der Waals surface area contributed by atoms with Gasteiger partial charge >= 0.3 is 0 Å². The molecule has 8 nitrogen and oxygen atoms in total. The van der Waals surface area contributed by atoms with E-state index in [1.807, 2.05) is 0 Å². The van der Waals surface area contributed by atoms with Crippen molar-refractivity contribution >= 4 is 32.2 Å². The van der Waals surface area contributed by atoms with Gasteiger partial charge in [0.25, 0.3) is 0 Å². The van der Waals surface area contributed by atoms with E-state index in [9.17, 15) is 8.42 Å². The van der Waals surface area contributed by atoms with Crippen molar-refractivity contribution in [3.8, 4) is 0 Å². The second-order valence-electron chi connectivity index (χ2n) is 4.92. The van der Waals surface area contributed by atoms with Crippen LogP contribution in [0.15, 0.2) is 17.3 Å². The van der Waals surface area contributed by atoms with E-state index in [4.69, 9.17) is 5.73 Å². The number of nitrogens with zero attached hydrogens (tertiary/aromatic N) is 4. The molecule has 3 rings (SSSR count). The normalized spacial score (nSPS) is 15.2. The Morgan fingerprint density at radius 2 is 2.29 bits per heavy atom. The van der Waals surface area contributed by atoms with E-state index in [0.717, 1.165) is 18.0 Å². The molecule has 10 heteroatoms. The zero-order chi connectivity index (χ0) is 14.9. The number of anilines is 2.